The third-order valence-electron chi connectivity index (χ3n) is 6.08. The van der Waals surface area contributed by atoms with Crippen LogP contribution in [-0.2, 0) is 37.4 Å². The fourth-order valence-corrected chi connectivity index (χ4v) is 5.73. The van der Waals surface area contributed by atoms with Gasteiger partial charge in [-0.3, -0.25) is 9.69 Å². The summed E-state index contributed by atoms with van der Waals surface area (Å²) in [5, 5.41) is 0. The van der Waals surface area contributed by atoms with Gasteiger partial charge in [-0.15, -0.1) is 0 Å². The van der Waals surface area contributed by atoms with Gasteiger partial charge in [-0.2, -0.15) is 4.31 Å². The Morgan fingerprint density at radius 1 is 1.12 bits per heavy atom. The zero-order chi connectivity index (χ0) is 22.7. The fourth-order valence-electron chi connectivity index (χ4n) is 4.30. The molecule has 2 aliphatic rings. The molecular weight excluding hydrogens is 434 g/mol. The number of benzene rings is 1. The molecule has 0 N–H and O–H groups in total. The van der Waals surface area contributed by atoms with Gasteiger partial charge in [-0.1, -0.05) is 0 Å². The average molecular weight is 466 g/mol. The zero-order valence-corrected chi connectivity index (χ0v) is 19.5. The molecule has 0 bridgehead atoms. The molecule has 10 nitrogen and oxygen atoms in total. The van der Waals surface area contributed by atoms with Gasteiger partial charge in [0.05, 0.1) is 35.7 Å². The predicted molar refractivity (Wildman–Crippen MR) is 119 cm³/mol. The SMILES string of the molecule is CCn1c(CN2CCN(C(=O)COC)CC2)nc2cc(S(=O)(=O)N3CCOCC3)ccc21. The van der Waals surface area contributed by atoms with Crippen molar-refractivity contribution >= 4 is 27.0 Å². The minimum Gasteiger partial charge on any atom is -0.379 e. The van der Waals surface area contributed by atoms with Crippen molar-refractivity contribution in [2.75, 3.05) is 66.2 Å². The van der Waals surface area contributed by atoms with Crippen molar-refractivity contribution in [3.63, 3.8) is 0 Å². The second kappa shape index (κ2) is 9.84. The molecule has 1 aromatic heterocycles. The summed E-state index contributed by atoms with van der Waals surface area (Å²) in [6.45, 7) is 7.99. The van der Waals surface area contributed by atoms with Crippen LogP contribution in [-0.4, -0.2) is 104 Å². The third kappa shape index (κ3) is 4.67. The van der Waals surface area contributed by atoms with Gasteiger partial charge in [-0.05, 0) is 25.1 Å². The van der Waals surface area contributed by atoms with Crippen LogP contribution in [0.15, 0.2) is 23.1 Å². The number of hydrogen-bond donors (Lipinski definition) is 0. The molecule has 2 aliphatic heterocycles. The van der Waals surface area contributed by atoms with Gasteiger partial charge in [0.15, 0.2) is 0 Å². The van der Waals surface area contributed by atoms with Crippen LogP contribution in [0.25, 0.3) is 11.0 Å². The largest absolute Gasteiger partial charge is 0.379 e. The van der Waals surface area contributed by atoms with E-state index in [2.05, 4.69) is 16.4 Å². The maximum absolute atomic E-state index is 13.0. The summed E-state index contributed by atoms with van der Waals surface area (Å²) in [6.07, 6.45) is 0. The highest BCUT2D eigenvalue weighted by Gasteiger charge is 2.27. The van der Waals surface area contributed by atoms with Gasteiger partial charge in [0, 0.05) is 52.9 Å². The van der Waals surface area contributed by atoms with E-state index >= 15 is 0 Å². The van der Waals surface area contributed by atoms with E-state index in [-0.39, 0.29) is 17.4 Å². The van der Waals surface area contributed by atoms with Crippen LogP contribution in [0, 0.1) is 0 Å². The molecule has 0 unspecified atom stereocenters. The van der Waals surface area contributed by atoms with Gasteiger partial charge in [-0.25, -0.2) is 13.4 Å². The quantitative estimate of drug-likeness (QED) is 0.583. The van der Waals surface area contributed by atoms with Gasteiger partial charge in [0.2, 0.25) is 15.9 Å². The smallest absolute Gasteiger partial charge is 0.248 e. The number of carbonyl (C=O) groups is 1. The Morgan fingerprint density at radius 3 is 2.50 bits per heavy atom. The lowest BCUT2D eigenvalue weighted by molar-refractivity contribution is -0.136. The third-order valence-corrected chi connectivity index (χ3v) is 7.98. The summed E-state index contributed by atoms with van der Waals surface area (Å²) in [5.41, 5.74) is 1.61. The number of ether oxygens (including phenoxy) is 2. The molecule has 11 heteroatoms. The van der Waals surface area contributed by atoms with Gasteiger partial charge >= 0.3 is 0 Å². The van der Waals surface area contributed by atoms with E-state index in [1.165, 1.54) is 11.4 Å². The van der Waals surface area contributed by atoms with E-state index in [9.17, 15) is 13.2 Å². The number of morpholine rings is 1. The van der Waals surface area contributed by atoms with Crippen molar-refractivity contribution in [1.82, 2.24) is 23.7 Å². The highest BCUT2D eigenvalue weighted by molar-refractivity contribution is 7.89. The van der Waals surface area contributed by atoms with Crippen molar-refractivity contribution in [3.05, 3.63) is 24.0 Å². The molecule has 176 valence electrons. The summed E-state index contributed by atoms with van der Waals surface area (Å²) in [5.74, 6) is 0.919. The van der Waals surface area contributed by atoms with Crippen LogP contribution >= 0.6 is 0 Å². The topological polar surface area (TPSA) is 97.2 Å². The first-order valence-electron chi connectivity index (χ1n) is 11.0. The molecule has 32 heavy (non-hydrogen) atoms. The lowest BCUT2D eigenvalue weighted by Crippen LogP contribution is -2.49. The van der Waals surface area contributed by atoms with Gasteiger partial charge in [0.1, 0.15) is 12.4 Å². The highest BCUT2D eigenvalue weighted by Crippen LogP contribution is 2.24. The van der Waals surface area contributed by atoms with Crippen molar-refractivity contribution in [3.8, 4) is 0 Å². The predicted octanol–water partition coefficient (Wildman–Crippen LogP) is 0.368. The lowest BCUT2D eigenvalue weighted by atomic mass is 10.3. The summed E-state index contributed by atoms with van der Waals surface area (Å²) in [7, 11) is -2.04. The van der Waals surface area contributed by atoms with Crippen molar-refractivity contribution in [1.29, 1.82) is 0 Å². The summed E-state index contributed by atoms with van der Waals surface area (Å²) >= 11 is 0. The normalized spacial score (nSPS) is 19.0. The number of aryl methyl sites for hydroxylation is 1. The van der Waals surface area contributed by atoms with Crippen LogP contribution in [0.2, 0.25) is 0 Å². The van der Waals surface area contributed by atoms with Crippen LogP contribution < -0.4 is 0 Å². The number of hydrogen-bond acceptors (Lipinski definition) is 7. The van der Waals surface area contributed by atoms with Crippen molar-refractivity contribution in [2.24, 2.45) is 0 Å². The molecule has 0 radical (unpaired) electrons. The van der Waals surface area contributed by atoms with E-state index in [4.69, 9.17) is 14.5 Å². The monoisotopic (exact) mass is 465 g/mol. The molecule has 0 saturated carbocycles. The van der Waals surface area contributed by atoms with E-state index in [0.29, 0.717) is 51.5 Å². The fraction of sp³-hybridized carbons (Fsp3) is 0.619. The second-order valence-electron chi connectivity index (χ2n) is 8.03. The number of rotatable bonds is 7. The number of aromatic nitrogens is 2. The Balaban J connectivity index is 1.51. The summed E-state index contributed by atoms with van der Waals surface area (Å²) < 4.78 is 39.9. The van der Waals surface area contributed by atoms with E-state index in [1.54, 1.807) is 12.1 Å². The molecule has 2 aromatic rings. The zero-order valence-electron chi connectivity index (χ0n) is 18.7. The highest BCUT2D eigenvalue weighted by atomic mass is 32.2. The van der Waals surface area contributed by atoms with Crippen molar-refractivity contribution in [2.45, 2.75) is 24.9 Å². The minimum absolute atomic E-state index is 0.0157. The van der Waals surface area contributed by atoms with E-state index in [0.717, 1.165) is 31.0 Å². The van der Waals surface area contributed by atoms with Crippen LogP contribution in [0.3, 0.4) is 0 Å². The number of fused-ring (bicyclic) bond motifs is 1. The molecular formula is C21H31N5O5S. The molecule has 2 fully saturated rings. The standard InChI is InChI=1S/C21H31N5O5S/c1-3-26-19-5-4-17(32(28,29)25-10-12-31-13-11-25)14-18(19)22-20(26)15-23-6-8-24(9-7-23)21(27)16-30-2/h4-5,14H,3,6-13,15-16H2,1-2H3. The molecule has 0 atom stereocenters. The minimum atomic E-state index is -3.56. The molecule has 4 rings (SSSR count). The number of methoxy groups -OCH3 is 1. The molecule has 1 amide bonds. The first-order valence-corrected chi connectivity index (χ1v) is 12.4. The van der Waals surface area contributed by atoms with E-state index in [1.807, 2.05) is 11.0 Å². The number of carbonyl (C=O) groups excluding carboxylic acids is 1. The van der Waals surface area contributed by atoms with Crippen LogP contribution in [0.5, 0.6) is 0 Å². The Kier molecular flexibility index (Phi) is 7.11. The van der Waals surface area contributed by atoms with E-state index < -0.39 is 10.0 Å². The number of imidazole rings is 1. The van der Waals surface area contributed by atoms with Gasteiger partial charge < -0.3 is 18.9 Å². The first-order chi connectivity index (χ1) is 15.4. The Morgan fingerprint density at radius 2 is 1.84 bits per heavy atom. The number of piperazine rings is 1. The Hall–Kier alpha value is -2.05. The summed E-state index contributed by atoms with van der Waals surface area (Å²) in [6, 6.07) is 5.20. The van der Waals surface area contributed by atoms with Crippen molar-refractivity contribution < 1.29 is 22.7 Å². The first kappa shape index (κ1) is 23.1. The summed E-state index contributed by atoms with van der Waals surface area (Å²) in [4.78, 5) is 21.2. The number of nitrogens with zero attached hydrogens (tertiary/aromatic N) is 5. The molecule has 3 heterocycles. The maximum atomic E-state index is 13.0. The average Bonchev–Trinajstić information content (AvgIpc) is 3.16. The lowest BCUT2D eigenvalue weighted by Gasteiger charge is -2.34. The maximum Gasteiger partial charge on any atom is 0.248 e. The second-order valence-corrected chi connectivity index (χ2v) is 9.97. The van der Waals surface area contributed by atoms with Crippen LogP contribution in [0.4, 0.5) is 0 Å². The molecule has 0 aliphatic carbocycles. The molecule has 0 spiro atoms. The number of sulfonamides is 1. The Labute approximate surface area is 188 Å². The van der Waals surface area contributed by atoms with Crippen LogP contribution in [0.1, 0.15) is 12.7 Å². The molecule has 1 aromatic carbocycles. The molecule has 2 saturated heterocycles. The van der Waals surface area contributed by atoms with Gasteiger partial charge in [0.25, 0.3) is 0 Å². The Bertz CT molecular complexity index is 1060. The number of amides is 1.